The molecule has 3 aromatic rings. The molecule has 0 atom stereocenters. The molecule has 0 aliphatic rings. The van der Waals surface area contributed by atoms with Gasteiger partial charge in [0.15, 0.2) is 0 Å². The summed E-state index contributed by atoms with van der Waals surface area (Å²) in [5.41, 5.74) is 2.11. The lowest BCUT2D eigenvalue weighted by molar-refractivity contribution is -0.134. The van der Waals surface area contributed by atoms with Crippen LogP contribution in [-0.2, 0) is 9.59 Å². The first kappa shape index (κ1) is 19.6. The van der Waals surface area contributed by atoms with Crippen molar-refractivity contribution in [1.29, 1.82) is 0 Å². The highest BCUT2D eigenvalue weighted by Gasteiger charge is 2.09. The quantitative estimate of drug-likeness (QED) is 0.644. The molecule has 0 aliphatic heterocycles. The second-order valence-electron chi connectivity index (χ2n) is 5.45. The summed E-state index contributed by atoms with van der Waals surface area (Å²) in [6.07, 6.45) is 7.84. The molecule has 8 heteroatoms. The first-order valence-corrected chi connectivity index (χ1v) is 8.27. The zero-order valence-corrected chi connectivity index (χ0v) is 14.8. The average Bonchev–Trinajstić information content (AvgIpc) is 3.09. The number of hydrogen-bond acceptors (Lipinski definition) is 5. The van der Waals surface area contributed by atoms with Crippen LogP contribution in [0.3, 0.4) is 0 Å². The van der Waals surface area contributed by atoms with Gasteiger partial charge in [0.25, 0.3) is 0 Å². The lowest BCUT2D eigenvalue weighted by Gasteiger charge is -2.23. The Labute approximate surface area is 156 Å². The summed E-state index contributed by atoms with van der Waals surface area (Å²) in [4.78, 5) is 25.1. The summed E-state index contributed by atoms with van der Waals surface area (Å²) < 4.78 is 0. The van der Waals surface area contributed by atoms with Crippen molar-refractivity contribution in [3.8, 4) is 0 Å². The summed E-state index contributed by atoms with van der Waals surface area (Å²) in [5, 5.41) is 23.6. The number of anilines is 1. The highest BCUT2D eigenvalue weighted by molar-refractivity contribution is 5.89. The number of rotatable bonds is 6. The maximum absolute atomic E-state index is 9.55. The van der Waals surface area contributed by atoms with E-state index in [4.69, 9.17) is 10.2 Å². The first-order chi connectivity index (χ1) is 13.0. The molecule has 0 unspecified atom stereocenters. The van der Waals surface area contributed by atoms with Gasteiger partial charge in [0.2, 0.25) is 0 Å². The van der Waals surface area contributed by atoms with E-state index < -0.39 is 11.9 Å². The van der Waals surface area contributed by atoms with E-state index in [1.165, 1.54) is 0 Å². The Morgan fingerprint density at radius 2 is 1.70 bits per heavy atom. The number of hydrogen-bond donors (Lipinski definition) is 2. The van der Waals surface area contributed by atoms with E-state index in [0.717, 1.165) is 29.6 Å². The van der Waals surface area contributed by atoms with Crippen molar-refractivity contribution in [2.45, 2.75) is 13.3 Å². The lowest BCUT2D eigenvalue weighted by atomic mass is 10.3. The van der Waals surface area contributed by atoms with Crippen LogP contribution in [0.2, 0.25) is 0 Å². The van der Waals surface area contributed by atoms with Gasteiger partial charge in [-0.1, -0.05) is 25.1 Å². The SMILES string of the molecule is CCCN(c1ccncc1)n1cc2ccccc2n1.O=C(O)C=CC(=O)O. The largest absolute Gasteiger partial charge is 0.478 e. The second kappa shape index (κ2) is 9.71. The Bertz CT molecular complexity index is 873. The van der Waals surface area contributed by atoms with Gasteiger partial charge in [-0.15, -0.1) is 0 Å². The number of fused-ring (bicyclic) bond motifs is 1. The van der Waals surface area contributed by atoms with E-state index >= 15 is 0 Å². The van der Waals surface area contributed by atoms with Crippen molar-refractivity contribution in [2.75, 3.05) is 11.6 Å². The molecule has 0 fully saturated rings. The molecule has 0 radical (unpaired) electrons. The van der Waals surface area contributed by atoms with Crippen LogP contribution in [0, 0.1) is 0 Å². The van der Waals surface area contributed by atoms with Gasteiger partial charge in [-0.05, 0) is 24.6 Å². The van der Waals surface area contributed by atoms with Crippen LogP contribution in [-0.4, -0.2) is 43.6 Å². The van der Waals surface area contributed by atoms with Crippen molar-refractivity contribution in [3.05, 3.63) is 67.1 Å². The van der Waals surface area contributed by atoms with Crippen molar-refractivity contribution in [1.82, 2.24) is 14.9 Å². The number of aromatic nitrogens is 3. The van der Waals surface area contributed by atoms with Gasteiger partial charge in [0.1, 0.15) is 0 Å². The molecular formula is C19H20N4O4. The Hall–Kier alpha value is -3.68. The van der Waals surface area contributed by atoms with Crippen LogP contribution in [0.4, 0.5) is 5.69 Å². The molecule has 0 amide bonds. The Morgan fingerprint density at radius 1 is 1.07 bits per heavy atom. The van der Waals surface area contributed by atoms with Crippen LogP contribution in [0.1, 0.15) is 13.3 Å². The molecule has 3 rings (SSSR count). The fraction of sp³-hybridized carbons (Fsp3) is 0.158. The molecule has 140 valence electrons. The normalized spacial score (nSPS) is 10.4. The molecular weight excluding hydrogens is 348 g/mol. The smallest absolute Gasteiger partial charge is 0.328 e. The Balaban J connectivity index is 0.000000279. The maximum Gasteiger partial charge on any atom is 0.328 e. The van der Waals surface area contributed by atoms with Crippen molar-refractivity contribution >= 4 is 28.5 Å². The molecule has 0 saturated heterocycles. The van der Waals surface area contributed by atoms with Crippen LogP contribution < -0.4 is 5.01 Å². The maximum atomic E-state index is 9.55. The molecule has 2 N–H and O–H groups in total. The van der Waals surface area contributed by atoms with E-state index in [2.05, 4.69) is 34.3 Å². The molecule has 0 bridgehead atoms. The van der Waals surface area contributed by atoms with E-state index in [1.54, 1.807) is 12.4 Å². The Kier molecular flexibility index (Phi) is 7.07. The summed E-state index contributed by atoms with van der Waals surface area (Å²) in [7, 11) is 0. The topological polar surface area (TPSA) is 109 Å². The van der Waals surface area contributed by atoms with Crippen molar-refractivity contribution < 1.29 is 19.8 Å². The fourth-order valence-corrected chi connectivity index (χ4v) is 2.30. The highest BCUT2D eigenvalue weighted by Crippen LogP contribution is 2.17. The summed E-state index contributed by atoms with van der Waals surface area (Å²) >= 11 is 0. The minimum atomic E-state index is -1.26. The van der Waals surface area contributed by atoms with E-state index in [9.17, 15) is 9.59 Å². The zero-order chi connectivity index (χ0) is 19.6. The van der Waals surface area contributed by atoms with Gasteiger partial charge in [0.05, 0.1) is 17.4 Å². The van der Waals surface area contributed by atoms with Gasteiger partial charge in [-0.3, -0.25) is 9.99 Å². The second-order valence-corrected chi connectivity index (χ2v) is 5.45. The van der Waals surface area contributed by atoms with E-state index in [0.29, 0.717) is 12.2 Å². The summed E-state index contributed by atoms with van der Waals surface area (Å²) in [5.74, 6) is -2.51. The third kappa shape index (κ3) is 5.96. The van der Waals surface area contributed by atoms with Crippen LogP contribution >= 0.6 is 0 Å². The number of nitrogens with zero attached hydrogens (tertiary/aromatic N) is 4. The molecule has 0 saturated carbocycles. The van der Waals surface area contributed by atoms with Gasteiger partial charge < -0.3 is 10.2 Å². The molecule has 27 heavy (non-hydrogen) atoms. The van der Waals surface area contributed by atoms with Gasteiger partial charge in [0, 0.05) is 36.5 Å². The third-order valence-corrected chi connectivity index (χ3v) is 3.41. The fourth-order valence-electron chi connectivity index (χ4n) is 2.30. The lowest BCUT2D eigenvalue weighted by Crippen LogP contribution is -2.30. The highest BCUT2D eigenvalue weighted by atomic mass is 16.4. The summed E-state index contributed by atoms with van der Waals surface area (Å²) in [6, 6.07) is 12.2. The van der Waals surface area contributed by atoms with Crippen LogP contribution in [0.25, 0.3) is 10.9 Å². The van der Waals surface area contributed by atoms with Gasteiger partial charge >= 0.3 is 11.9 Å². The number of benzene rings is 1. The van der Waals surface area contributed by atoms with Crippen LogP contribution in [0.15, 0.2) is 67.1 Å². The number of carboxylic acids is 2. The number of carbonyl (C=O) groups is 2. The number of carboxylic acid groups (broad SMARTS) is 2. The molecule has 2 aromatic heterocycles. The molecule has 2 heterocycles. The predicted octanol–water partition coefficient (Wildman–Crippen LogP) is 2.82. The monoisotopic (exact) mass is 368 g/mol. The molecule has 8 nitrogen and oxygen atoms in total. The molecule has 0 aliphatic carbocycles. The summed E-state index contributed by atoms with van der Waals surface area (Å²) in [6.45, 7) is 3.08. The van der Waals surface area contributed by atoms with Crippen molar-refractivity contribution in [2.24, 2.45) is 0 Å². The minimum absolute atomic E-state index is 0.558. The third-order valence-electron chi connectivity index (χ3n) is 3.41. The predicted molar refractivity (Wildman–Crippen MR) is 101 cm³/mol. The number of aliphatic carboxylic acids is 2. The van der Waals surface area contributed by atoms with E-state index in [-0.39, 0.29) is 0 Å². The number of pyridine rings is 1. The zero-order valence-electron chi connectivity index (χ0n) is 14.8. The standard InChI is InChI=1S/C15H16N4.C4H4O4/c1-2-11-18(14-7-9-16-10-8-14)19-12-13-5-3-4-6-15(13)17-19;5-3(6)1-2-4(7)8/h3-10,12H,2,11H2,1H3;1-2H,(H,5,6)(H,7,8). The van der Waals surface area contributed by atoms with Crippen molar-refractivity contribution in [3.63, 3.8) is 0 Å². The average molecular weight is 368 g/mol. The van der Waals surface area contributed by atoms with Gasteiger partial charge in [-0.2, -0.15) is 9.89 Å². The molecule has 1 aromatic carbocycles. The Morgan fingerprint density at radius 3 is 2.26 bits per heavy atom. The first-order valence-electron chi connectivity index (χ1n) is 8.27. The van der Waals surface area contributed by atoms with Crippen LogP contribution in [0.5, 0.6) is 0 Å². The molecule has 0 spiro atoms. The minimum Gasteiger partial charge on any atom is -0.478 e. The van der Waals surface area contributed by atoms with E-state index in [1.807, 2.05) is 35.1 Å². The van der Waals surface area contributed by atoms with Gasteiger partial charge in [-0.25, -0.2) is 9.59 Å².